The van der Waals surface area contributed by atoms with E-state index in [2.05, 4.69) is 10.3 Å². The minimum Gasteiger partial charge on any atom is -0.487 e. The second-order valence-electron chi connectivity index (χ2n) is 7.20. The molecule has 0 fully saturated rings. The van der Waals surface area contributed by atoms with Gasteiger partial charge >= 0.3 is 0 Å². The van der Waals surface area contributed by atoms with Crippen molar-refractivity contribution in [1.29, 1.82) is 0 Å². The van der Waals surface area contributed by atoms with Crippen molar-refractivity contribution in [3.63, 3.8) is 0 Å². The first kappa shape index (κ1) is 23.9. The lowest BCUT2D eigenvalue weighted by molar-refractivity contribution is 0.102. The molecule has 0 saturated heterocycles. The van der Waals surface area contributed by atoms with Gasteiger partial charge in [-0.1, -0.05) is 26.0 Å². The Balaban J connectivity index is 1.76. The van der Waals surface area contributed by atoms with E-state index in [-0.39, 0.29) is 10.8 Å². The van der Waals surface area contributed by atoms with Crippen LogP contribution in [0.15, 0.2) is 52.7 Å². The number of nitrogens with one attached hydrogen (secondary N) is 1. The van der Waals surface area contributed by atoms with Crippen LogP contribution >= 0.6 is 11.3 Å². The van der Waals surface area contributed by atoms with Crippen LogP contribution in [0.5, 0.6) is 5.75 Å². The van der Waals surface area contributed by atoms with Crippen LogP contribution in [0.1, 0.15) is 40.5 Å². The molecule has 3 rings (SSSR count). The number of ether oxygens (including phenoxy) is 1. The number of carbonyl (C=O) groups excluding carboxylic acids is 1. The Morgan fingerprint density at radius 1 is 1.12 bits per heavy atom. The molecule has 2 aromatic carbocycles. The third-order valence-electron chi connectivity index (χ3n) is 4.92. The average Bonchev–Trinajstić information content (AvgIpc) is 3.19. The molecule has 3 aromatic rings. The fourth-order valence-electron chi connectivity index (χ4n) is 3.22. The maximum absolute atomic E-state index is 13.0. The maximum Gasteiger partial charge on any atom is 0.255 e. The summed E-state index contributed by atoms with van der Waals surface area (Å²) in [5.74, 6) is 0.201. The van der Waals surface area contributed by atoms with Gasteiger partial charge in [-0.15, -0.1) is 11.3 Å². The van der Waals surface area contributed by atoms with E-state index in [1.54, 1.807) is 68.5 Å². The van der Waals surface area contributed by atoms with E-state index in [0.29, 0.717) is 42.3 Å². The highest BCUT2D eigenvalue weighted by atomic mass is 32.2. The zero-order valence-electron chi connectivity index (χ0n) is 18.6. The Hall–Kier alpha value is -2.75. The number of amides is 1. The van der Waals surface area contributed by atoms with Crippen molar-refractivity contribution < 1.29 is 17.9 Å². The summed E-state index contributed by atoms with van der Waals surface area (Å²) in [6.07, 6.45) is 0. The molecule has 1 amide bonds. The Kier molecular flexibility index (Phi) is 7.65. The number of aromatic nitrogens is 1. The summed E-state index contributed by atoms with van der Waals surface area (Å²) < 4.78 is 33.1. The molecule has 0 aliphatic rings. The molecular formula is C23H27N3O4S2. The van der Waals surface area contributed by atoms with Crippen LogP contribution < -0.4 is 10.1 Å². The van der Waals surface area contributed by atoms with Gasteiger partial charge in [0.25, 0.3) is 5.91 Å². The van der Waals surface area contributed by atoms with Gasteiger partial charge in [-0.2, -0.15) is 4.31 Å². The molecule has 1 heterocycles. The molecule has 1 aromatic heterocycles. The molecular weight excluding hydrogens is 446 g/mol. The van der Waals surface area contributed by atoms with Gasteiger partial charge in [0.2, 0.25) is 10.0 Å². The van der Waals surface area contributed by atoms with Gasteiger partial charge in [0.15, 0.2) is 0 Å². The zero-order valence-corrected chi connectivity index (χ0v) is 20.2. The highest BCUT2D eigenvalue weighted by molar-refractivity contribution is 7.89. The first-order valence-electron chi connectivity index (χ1n) is 10.3. The molecule has 1 N–H and O–H groups in total. The van der Waals surface area contributed by atoms with Gasteiger partial charge < -0.3 is 10.1 Å². The topological polar surface area (TPSA) is 88.6 Å². The number of aryl methyl sites for hydroxylation is 2. The summed E-state index contributed by atoms with van der Waals surface area (Å²) in [7, 11) is -3.64. The van der Waals surface area contributed by atoms with Crippen molar-refractivity contribution in [2.45, 2.75) is 39.2 Å². The number of benzene rings is 2. The number of thiazole rings is 1. The molecule has 7 nitrogen and oxygen atoms in total. The molecule has 0 spiro atoms. The fraction of sp³-hybridized carbons (Fsp3) is 0.304. The molecule has 0 radical (unpaired) electrons. The maximum atomic E-state index is 13.0. The summed E-state index contributed by atoms with van der Waals surface area (Å²) in [5, 5.41) is 5.70. The van der Waals surface area contributed by atoms with Crippen molar-refractivity contribution in [3.05, 3.63) is 69.7 Å². The number of sulfonamides is 1. The standard InChI is InChI=1S/C23H27N3O4S2/c1-5-26(6-2)32(28,29)22-13-19(11-10-16(22)3)25-23(27)18-8-7-9-21(12-18)30-14-20-15-31-17(4)24-20/h7-13,15H,5-6,14H2,1-4H3,(H,25,27). The number of carbonyl (C=O) groups is 1. The van der Waals surface area contributed by atoms with Crippen LogP contribution in [-0.2, 0) is 16.6 Å². The Bertz CT molecular complexity index is 1200. The molecule has 0 atom stereocenters. The van der Waals surface area contributed by atoms with Crippen molar-refractivity contribution in [1.82, 2.24) is 9.29 Å². The van der Waals surface area contributed by atoms with E-state index in [0.717, 1.165) is 10.7 Å². The number of rotatable bonds is 9. The van der Waals surface area contributed by atoms with Gasteiger partial charge in [-0.05, 0) is 49.7 Å². The minimum absolute atomic E-state index is 0.189. The lowest BCUT2D eigenvalue weighted by Crippen LogP contribution is -2.31. The first-order valence-corrected chi connectivity index (χ1v) is 12.6. The lowest BCUT2D eigenvalue weighted by atomic mass is 10.2. The molecule has 32 heavy (non-hydrogen) atoms. The molecule has 170 valence electrons. The highest BCUT2D eigenvalue weighted by Gasteiger charge is 2.24. The number of hydrogen-bond donors (Lipinski definition) is 1. The van der Waals surface area contributed by atoms with Gasteiger partial charge in [0, 0.05) is 29.7 Å². The third-order valence-corrected chi connectivity index (χ3v) is 7.93. The van der Waals surface area contributed by atoms with Gasteiger partial charge in [-0.3, -0.25) is 4.79 Å². The van der Waals surface area contributed by atoms with Crippen LogP contribution in [0.25, 0.3) is 0 Å². The van der Waals surface area contributed by atoms with Gasteiger partial charge in [0.05, 0.1) is 15.6 Å². The van der Waals surface area contributed by atoms with E-state index in [1.807, 2.05) is 12.3 Å². The third kappa shape index (κ3) is 5.53. The van der Waals surface area contributed by atoms with E-state index in [9.17, 15) is 13.2 Å². The smallest absolute Gasteiger partial charge is 0.255 e. The normalized spacial score (nSPS) is 11.5. The predicted octanol–water partition coefficient (Wildman–Crippen LogP) is 4.62. The number of anilines is 1. The predicted molar refractivity (Wildman–Crippen MR) is 127 cm³/mol. The van der Waals surface area contributed by atoms with Crippen molar-refractivity contribution in [2.24, 2.45) is 0 Å². The van der Waals surface area contributed by atoms with E-state index >= 15 is 0 Å². The van der Waals surface area contributed by atoms with Crippen LogP contribution in [0.3, 0.4) is 0 Å². The minimum atomic E-state index is -3.64. The molecule has 0 unspecified atom stereocenters. The fourth-order valence-corrected chi connectivity index (χ4v) is 5.53. The van der Waals surface area contributed by atoms with Crippen LogP contribution in [-0.4, -0.2) is 36.7 Å². The van der Waals surface area contributed by atoms with Crippen LogP contribution in [0, 0.1) is 13.8 Å². The van der Waals surface area contributed by atoms with E-state index in [4.69, 9.17) is 4.74 Å². The Morgan fingerprint density at radius 2 is 1.88 bits per heavy atom. The summed E-state index contributed by atoms with van der Waals surface area (Å²) >= 11 is 1.56. The second kappa shape index (κ2) is 10.2. The summed E-state index contributed by atoms with van der Waals surface area (Å²) in [4.78, 5) is 17.3. The van der Waals surface area contributed by atoms with E-state index < -0.39 is 10.0 Å². The molecule has 0 bridgehead atoms. The molecule has 9 heteroatoms. The second-order valence-corrected chi connectivity index (χ2v) is 10.2. The summed E-state index contributed by atoms with van der Waals surface area (Å²) in [6.45, 7) is 8.35. The Morgan fingerprint density at radius 3 is 2.53 bits per heavy atom. The number of nitrogens with zero attached hydrogens (tertiary/aromatic N) is 2. The summed E-state index contributed by atoms with van der Waals surface area (Å²) in [6, 6.07) is 11.7. The lowest BCUT2D eigenvalue weighted by Gasteiger charge is -2.20. The van der Waals surface area contributed by atoms with Gasteiger partial charge in [0.1, 0.15) is 12.4 Å². The van der Waals surface area contributed by atoms with Crippen molar-refractivity contribution >= 4 is 33.0 Å². The van der Waals surface area contributed by atoms with Gasteiger partial charge in [-0.25, -0.2) is 13.4 Å². The largest absolute Gasteiger partial charge is 0.487 e. The number of hydrogen-bond acceptors (Lipinski definition) is 6. The quantitative estimate of drug-likeness (QED) is 0.490. The van der Waals surface area contributed by atoms with Crippen LogP contribution in [0.4, 0.5) is 5.69 Å². The van der Waals surface area contributed by atoms with Crippen molar-refractivity contribution in [3.8, 4) is 5.75 Å². The Labute approximate surface area is 193 Å². The zero-order chi connectivity index (χ0) is 23.3. The van der Waals surface area contributed by atoms with E-state index in [1.165, 1.54) is 10.4 Å². The summed E-state index contributed by atoms with van der Waals surface area (Å²) in [5.41, 5.74) is 2.29. The molecule has 0 aliphatic heterocycles. The SMILES string of the molecule is CCN(CC)S(=O)(=O)c1cc(NC(=O)c2cccc(OCc3csc(C)n3)c2)ccc1C. The molecule has 0 aliphatic carbocycles. The van der Waals surface area contributed by atoms with Crippen molar-refractivity contribution in [2.75, 3.05) is 18.4 Å². The average molecular weight is 474 g/mol. The molecule has 0 saturated carbocycles. The van der Waals surface area contributed by atoms with Crippen LogP contribution in [0.2, 0.25) is 0 Å². The first-order chi connectivity index (χ1) is 15.2. The highest BCUT2D eigenvalue weighted by Crippen LogP contribution is 2.24. The monoisotopic (exact) mass is 473 g/mol.